The summed E-state index contributed by atoms with van der Waals surface area (Å²) in [7, 11) is 0. The van der Waals surface area contributed by atoms with Gasteiger partial charge >= 0.3 is 6.09 Å². The molecule has 0 spiro atoms. The van der Waals surface area contributed by atoms with Gasteiger partial charge in [-0.3, -0.25) is 4.90 Å². The molecule has 1 amide bonds. The number of nitrogens with zero attached hydrogens (tertiary/aromatic N) is 2. The molecular formula is C13H22N2O2. The molecule has 1 heterocycles. The average Bonchev–Trinajstić information content (AvgIpc) is 2.25. The van der Waals surface area contributed by atoms with Crippen molar-refractivity contribution in [3.8, 4) is 0 Å². The van der Waals surface area contributed by atoms with Crippen LogP contribution in [0.3, 0.4) is 0 Å². The summed E-state index contributed by atoms with van der Waals surface area (Å²) in [4.78, 5) is 17.3. The zero-order valence-corrected chi connectivity index (χ0v) is 11.2. The maximum absolute atomic E-state index is 12.0. The number of likely N-dealkylation sites (tertiary alicyclic amines) is 1. The molecule has 17 heavy (non-hydrogen) atoms. The third-order valence-electron chi connectivity index (χ3n) is 2.94. The van der Waals surface area contributed by atoms with Gasteiger partial charge in [0.05, 0.1) is 0 Å². The van der Waals surface area contributed by atoms with Gasteiger partial charge in [-0.25, -0.2) is 11.4 Å². The first-order valence-electron chi connectivity index (χ1n) is 6.21. The minimum atomic E-state index is -0.472. The van der Waals surface area contributed by atoms with Crippen LogP contribution in [-0.2, 0) is 4.74 Å². The molecule has 2 atom stereocenters. The number of hydrogen-bond donors (Lipinski definition) is 0. The van der Waals surface area contributed by atoms with Crippen molar-refractivity contribution in [2.24, 2.45) is 0 Å². The molecule has 1 saturated heterocycles. The van der Waals surface area contributed by atoms with Gasteiger partial charge in [0.15, 0.2) is 0 Å². The van der Waals surface area contributed by atoms with Crippen molar-refractivity contribution in [2.75, 3.05) is 6.54 Å². The van der Waals surface area contributed by atoms with Crippen molar-refractivity contribution in [2.45, 2.75) is 64.6 Å². The van der Waals surface area contributed by atoms with Gasteiger partial charge in [0.1, 0.15) is 11.6 Å². The first-order chi connectivity index (χ1) is 7.85. The lowest BCUT2D eigenvalue weighted by Crippen LogP contribution is -2.49. The van der Waals surface area contributed by atoms with E-state index in [0.717, 1.165) is 19.3 Å². The van der Waals surface area contributed by atoms with Crippen LogP contribution in [0.5, 0.6) is 0 Å². The number of piperidine rings is 1. The summed E-state index contributed by atoms with van der Waals surface area (Å²) < 4.78 is 5.39. The monoisotopic (exact) mass is 238 g/mol. The van der Waals surface area contributed by atoms with Crippen LogP contribution < -0.4 is 0 Å². The Bertz CT molecular complexity index is 314. The number of amides is 1. The maximum atomic E-state index is 12.0. The lowest BCUT2D eigenvalue weighted by atomic mass is 9.97. The van der Waals surface area contributed by atoms with Crippen LogP contribution in [0.4, 0.5) is 4.79 Å². The Morgan fingerprint density at radius 2 is 2.12 bits per heavy atom. The second kappa shape index (κ2) is 5.39. The smallest absolute Gasteiger partial charge is 0.410 e. The molecule has 0 aromatic rings. The molecule has 1 fully saturated rings. The number of rotatable bonds is 1. The van der Waals surface area contributed by atoms with E-state index in [9.17, 15) is 4.79 Å². The minimum absolute atomic E-state index is 0.0103. The summed E-state index contributed by atoms with van der Waals surface area (Å²) in [5.74, 6) is 0. The fourth-order valence-corrected chi connectivity index (χ4v) is 2.09. The molecular weight excluding hydrogens is 216 g/mol. The summed E-state index contributed by atoms with van der Waals surface area (Å²) in [6, 6.07) is -0.140. The highest BCUT2D eigenvalue weighted by Gasteiger charge is 2.36. The average molecular weight is 238 g/mol. The SMILES string of the molecule is [C-]#[N+]C(C)C1CCCCN1C(=O)OC(C)(C)C. The van der Waals surface area contributed by atoms with Gasteiger partial charge in [-0.15, -0.1) is 0 Å². The van der Waals surface area contributed by atoms with E-state index in [4.69, 9.17) is 11.3 Å². The van der Waals surface area contributed by atoms with Crippen molar-refractivity contribution >= 4 is 6.09 Å². The summed E-state index contributed by atoms with van der Waals surface area (Å²) in [6.07, 6.45) is 2.71. The molecule has 0 N–H and O–H groups in total. The lowest BCUT2D eigenvalue weighted by molar-refractivity contribution is 0.00871. The first-order valence-corrected chi connectivity index (χ1v) is 6.21. The van der Waals surface area contributed by atoms with E-state index < -0.39 is 5.60 Å². The van der Waals surface area contributed by atoms with Crippen molar-refractivity contribution in [3.05, 3.63) is 11.4 Å². The fraction of sp³-hybridized carbons (Fsp3) is 0.846. The van der Waals surface area contributed by atoms with Crippen LogP contribution in [0.25, 0.3) is 4.85 Å². The van der Waals surface area contributed by atoms with E-state index >= 15 is 0 Å². The quantitative estimate of drug-likeness (QED) is 0.658. The van der Waals surface area contributed by atoms with E-state index in [2.05, 4.69) is 4.85 Å². The maximum Gasteiger partial charge on any atom is 0.410 e. The summed E-state index contributed by atoms with van der Waals surface area (Å²) in [5, 5.41) is 0. The molecule has 96 valence electrons. The second-order valence-corrected chi connectivity index (χ2v) is 5.61. The Balaban J connectivity index is 2.72. The van der Waals surface area contributed by atoms with Crippen LogP contribution in [0.1, 0.15) is 47.0 Å². The lowest BCUT2D eigenvalue weighted by Gasteiger charge is -2.36. The number of ether oxygens (including phenoxy) is 1. The van der Waals surface area contributed by atoms with Gasteiger partial charge in [-0.1, -0.05) is 0 Å². The van der Waals surface area contributed by atoms with Crippen LogP contribution in [0, 0.1) is 6.57 Å². The highest BCUT2D eigenvalue weighted by molar-refractivity contribution is 5.68. The summed E-state index contributed by atoms with van der Waals surface area (Å²) in [6.45, 7) is 15.3. The standard InChI is InChI=1S/C13H22N2O2/c1-10(14-5)11-8-6-7-9-15(11)12(16)17-13(2,3)4/h10-11H,6-9H2,1-4H3. The highest BCUT2D eigenvalue weighted by Crippen LogP contribution is 2.23. The summed E-state index contributed by atoms with van der Waals surface area (Å²) in [5.41, 5.74) is -0.472. The van der Waals surface area contributed by atoms with Crippen LogP contribution >= 0.6 is 0 Å². The molecule has 1 rings (SSSR count). The van der Waals surface area contributed by atoms with Gasteiger partial charge < -0.3 is 9.58 Å². The Hall–Kier alpha value is -1.24. The highest BCUT2D eigenvalue weighted by atomic mass is 16.6. The molecule has 4 nitrogen and oxygen atoms in total. The number of carbonyl (C=O) groups excluding carboxylic acids is 1. The van der Waals surface area contributed by atoms with Crippen LogP contribution in [0.15, 0.2) is 0 Å². The van der Waals surface area contributed by atoms with Gasteiger partial charge in [0.2, 0.25) is 6.04 Å². The molecule has 2 unspecified atom stereocenters. The third-order valence-corrected chi connectivity index (χ3v) is 2.94. The Kier molecular flexibility index (Phi) is 4.39. The van der Waals surface area contributed by atoms with Crippen molar-refractivity contribution < 1.29 is 9.53 Å². The topological polar surface area (TPSA) is 33.9 Å². The first kappa shape index (κ1) is 13.8. The van der Waals surface area contributed by atoms with Gasteiger partial charge in [-0.05, 0) is 40.0 Å². The van der Waals surface area contributed by atoms with Gasteiger partial charge in [0.25, 0.3) is 0 Å². The molecule has 0 radical (unpaired) electrons. The van der Waals surface area contributed by atoms with E-state index in [1.54, 1.807) is 4.90 Å². The zero-order valence-electron chi connectivity index (χ0n) is 11.2. The Labute approximate surface area is 104 Å². The fourth-order valence-electron chi connectivity index (χ4n) is 2.09. The number of carbonyl (C=O) groups is 1. The molecule has 4 heteroatoms. The predicted molar refractivity (Wildman–Crippen MR) is 66.6 cm³/mol. The van der Waals surface area contributed by atoms with E-state index in [1.807, 2.05) is 27.7 Å². The van der Waals surface area contributed by atoms with E-state index in [0.29, 0.717) is 6.54 Å². The molecule has 0 aromatic heterocycles. The molecule has 0 aromatic carbocycles. The van der Waals surface area contributed by atoms with Crippen molar-refractivity contribution in [3.63, 3.8) is 0 Å². The van der Waals surface area contributed by atoms with Gasteiger partial charge in [0, 0.05) is 13.5 Å². The molecule has 1 aliphatic heterocycles. The Morgan fingerprint density at radius 3 is 2.65 bits per heavy atom. The van der Waals surface area contributed by atoms with Gasteiger partial charge in [-0.2, -0.15) is 0 Å². The Morgan fingerprint density at radius 1 is 1.47 bits per heavy atom. The normalized spacial score (nSPS) is 22.8. The molecule has 0 bridgehead atoms. The molecule has 0 saturated carbocycles. The third kappa shape index (κ3) is 3.92. The second-order valence-electron chi connectivity index (χ2n) is 5.61. The van der Waals surface area contributed by atoms with Crippen molar-refractivity contribution in [1.82, 2.24) is 4.90 Å². The van der Waals surface area contributed by atoms with E-state index in [1.165, 1.54) is 0 Å². The molecule has 1 aliphatic rings. The van der Waals surface area contributed by atoms with Crippen molar-refractivity contribution in [1.29, 1.82) is 0 Å². The predicted octanol–water partition coefficient (Wildman–Crippen LogP) is 3.08. The zero-order chi connectivity index (χ0) is 13.1. The van der Waals surface area contributed by atoms with Crippen LogP contribution in [0.2, 0.25) is 0 Å². The largest absolute Gasteiger partial charge is 0.444 e. The van der Waals surface area contributed by atoms with Crippen LogP contribution in [-0.4, -0.2) is 35.2 Å². The number of hydrogen-bond acceptors (Lipinski definition) is 2. The van der Waals surface area contributed by atoms with E-state index in [-0.39, 0.29) is 18.2 Å². The minimum Gasteiger partial charge on any atom is -0.444 e. The molecule has 0 aliphatic carbocycles. The summed E-state index contributed by atoms with van der Waals surface area (Å²) >= 11 is 0.